The summed E-state index contributed by atoms with van der Waals surface area (Å²) in [7, 11) is 1.54. The molecule has 1 N–H and O–H groups in total. The summed E-state index contributed by atoms with van der Waals surface area (Å²) in [5.74, 6) is -0.184. The third kappa shape index (κ3) is 5.37. The molecule has 0 unspecified atom stereocenters. The summed E-state index contributed by atoms with van der Waals surface area (Å²) in [6.07, 6.45) is 1.34. The molecule has 0 saturated carbocycles. The number of carbonyl (C=O) groups is 2. The number of nitrogens with zero attached hydrogens (tertiary/aromatic N) is 1. The zero-order valence-corrected chi connectivity index (χ0v) is 17.3. The van der Waals surface area contributed by atoms with Crippen LogP contribution in [-0.2, 0) is 0 Å². The summed E-state index contributed by atoms with van der Waals surface area (Å²) in [5.41, 5.74) is 3.45. The normalized spacial score (nSPS) is 10.6. The highest BCUT2D eigenvalue weighted by Crippen LogP contribution is 2.24. The molecule has 6 nitrogen and oxygen atoms in total. The molecule has 8 heteroatoms. The molecule has 0 aliphatic carbocycles. The highest BCUT2D eigenvalue weighted by molar-refractivity contribution is 6.33. The minimum Gasteiger partial charge on any atom is -0.497 e. The van der Waals surface area contributed by atoms with Gasteiger partial charge in [-0.05, 0) is 54.6 Å². The van der Waals surface area contributed by atoms with E-state index in [9.17, 15) is 9.59 Å². The lowest BCUT2D eigenvalue weighted by molar-refractivity contribution is 0.0734. The summed E-state index contributed by atoms with van der Waals surface area (Å²) in [6, 6.07) is 17.8. The number of methoxy groups -OCH3 is 1. The van der Waals surface area contributed by atoms with Gasteiger partial charge in [0.05, 0.1) is 23.9 Å². The minimum atomic E-state index is -0.625. The van der Waals surface area contributed by atoms with E-state index in [0.717, 1.165) is 0 Å². The first-order valence-electron chi connectivity index (χ1n) is 8.71. The smallest absolute Gasteiger partial charge is 0.345 e. The standard InChI is InChI=1S/C22H16Cl2N2O4/c1-29-17-9-6-14(7-10-17)21(27)26-25-13-15-12-16(23)8-11-20(15)30-22(28)18-4-2-3-5-19(18)24/h2-13H,1H3,(H,26,27)/b25-13+. The molecule has 0 aliphatic heterocycles. The van der Waals surface area contributed by atoms with Crippen LogP contribution in [0.5, 0.6) is 11.5 Å². The molecule has 3 rings (SSSR count). The highest BCUT2D eigenvalue weighted by atomic mass is 35.5. The van der Waals surface area contributed by atoms with E-state index in [1.807, 2.05) is 0 Å². The highest BCUT2D eigenvalue weighted by Gasteiger charge is 2.14. The Balaban J connectivity index is 1.74. The number of halogens is 2. The van der Waals surface area contributed by atoms with Crippen molar-refractivity contribution >= 4 is 41.3 Å². The first kappa shape index (κ1) is 21.4. The Kier molecular flexibility index (Phi) is 7.06. The third-order valence-corrected chi connectivity index (χ3v) is 4.55. The second-order valence-electron chi connectivity index (χ2n) is 5.98. The number of hydrogen-bond donors (Lipinski definition) is 1. The van der Waals surface area contributed by atoms with Gasteiger partial charge in [0.25, 0.3) is 5.91 Å². The lowest BCUT2D eigenvalue weighted by Gasteiger charge is -2.09. The van der Waals surface area contributed by atoms with Crippen molar-refractivity contribution in [3.05, 3.63) is 93.5 Å². The number of hydrazone groups is 1. The Morgan fingerprint density at radius 3 is 2.43 bits per heavy atom. The summed E-state index contributed by atoms with van der Waals surface area (Å²) >= 11 is 12.1. The molecule has 0 fully saturated rings. The second kappa shape index (κ2) is 9.91. The molecule has 3 aromatic carbocycles. The molecule has 0 aromatic heterocycles. The summed E-state index contributed by atoms with van der Waals surface area (Å²) in [6.45, 7) is 0. The van der Waals surface area contributed by atoms with Crippen LogP contribution in [0.4, 0.5) is 0 Å². The van der Waals surface area contributed by atoms with E-state index in [1.165, 1.54) is 12.3 Å². The van der Waals surface area contributed by atoms with Gasteiger partial charge < -0.3 is 9.47 Å². The topological polar surface area (TPSA) is 77.0 Å². The molecule has 30 heavy (non-hydrogen) atoms. The average Bonchev–Trinajstić information content (AvgIpc) is 2.75. The number of carbonyl (C=O) groups excluding carboxylic acids is 2. The molecule has 0 spiro atoms. The number of esters is 1. The lowest BCUT2D eigenvalue weighted by Crippen LogP contribution is -2.17. The molecular weight excluding hydrogens is 427 g/mol. The van der Waals surface area contributed by atoms with Crippen LogP contribution in [0.1, 0.15) is 26.3 Å². The number of amides is 1. The van der Waals surface area contributed by atoms with Gasteiger partial charge in [0.15, 0.2) is 0 Å². The maximum absolute atomic E-state index is 12.4. The van der Waals surface area contributed by atoms with Gasteiger partial charge >= 0.3 is 5.97 Å². The fourth-order valence-electron chi connectivity index (χ4n) is 2.46. The molecule has 0 heterocycles. The van der Waals surface area contributed by atoms with Crippen LogP contribution in [0, 0.1) is 0 Å². The van der Waals surface area contributed by atoms with Crippen LogP contribution < -0.4 is 14.9 Å². The van der Waals surface area contributed by atoms with Crippen LogP contribution in [0.15, 0.2) is 71.8 Å². The van der Waals surface area contributed by atoms with Gasteiger partial charge in [-0.25, -0.2) is 10.2 Å². The Hall–Kier alpha value is -3.35. The molecule has 0 radical (unpaired) electrons. The maximum Gasteiger partial charge on any atom is 0.345 e. The van der Waals surface area contributed by atoms with E-state index >= 15 is 0 Å². The first-order valence-corrected chi connectivity index (χ1v) is 9.47. The SMILES string of the molecule is COc1ccc(C(=O)N/N=C/c2cc(Cl)ccc2OC(=O)c2ccccc2Cl)cc1. The molecular formula is C22H16Cl2N2O4. The lowest BCUT2D eigenvalue weighted by atomic mass is 10.2. The predicted octanol–water partition coefficient (Wildman–Crippen LogP) is 4.99. The quantitative estimate of drug-likeness (QED) is 0.252. The van der Waals surface area contributed by atoms with Crippen molar-refractivity contribution in [1.29, 1.82) is 0 Å². The molecule has 3 aromatic rings. The van der Waals surface area contributed by atoms with Gasteiger partial charge in [-0.1, -0.05) is 35.3 Å². The van der Waals surface area contributed by atoms with Gasteiger partial charge in [0.2, 0.25) is 0 Å². The predicted molar refractivity (Wildman–Crippen MR) is 116 cm³/mol. The fraction of sp³-hybridized carbons (Fsp3) is 0.0455. The number of ether oxygens (including phenoxy) is 2. The zero-order valence-electron chi connectivity index (χ0n) is 15.8. The monoisotopic (exact) mass is 442 g/mol. The van der Waals surface area contributed by atoms with Crippen molar-refractivity contribution in [2.24, 2.45) is 5.10 Å². The van der Waals surface area contributed by atoms with E-state index in [4.69, 9.17) is 32.7 Å². The Morgan fingerprint density at radius 2 is 1.73 bits per heavy atom. The van der Waals surface area contributed by atoms with Crippen LogP contribution >= 0.6 is 23.2 Å². The number of hydrogen-bond acceptors (Lipinski definition) is 5. The van der Waals surface area contributed by atoms with E-state index in [1.54, 1.807) is 67.8 Å². The third-order valence-electron chi connectivity index (χ3n) is 3.99. The fourth-order valence-corrected chi connectivity index (χ4v) is 2.86. The van der Waals surface area contributed by atoms with Crippen LogP contribution in [0.2, 0.25) is 10.0 Å². The van der Waals surface area contributed by atoms with E-state index in [0.29, 0.717) is 21.9 Å². The number of benzene rings is 3. The Labute approximate surface area is 183 Å². The summed E-state index contributed by atoms with van der Waals surface area (Å²) < 4.78 is 10.5. The number of rotatable bonds is 6. The van der Waals surface area contributed by atoms with E-state index in [2.05, 4.69) is 10.5 Å². The Morgan fingerprint density at radius 1 is 1.00 bits per heavy atom. The maximum atomic E-state index is 12.4. The largest absolute Gasteiger partial charge is 0.497 e. The average molecular weight is 443 g/mol. The van der Waals surface area contributed by atoms with Crippen molar-refractivity contribution in [2.75, 3.05) is 7.11 Å². The molecule has 0 aliphatic rings. The van der Waals surface area contributed by atoms with Crippen LogP contribution in [0.25, 0.3) is 0 Å². The van der Waals surface area contributed by atoms with Crippen molar-refractivity contribution in [2.45, 2.75) is 0 Å². The molecule has 1 amide bonds. The van der Waals surface area contributed by atoms with Crippen molar-refractivity contribution in [3.8, 4) is 11.5 Å². The van der Waals surface area contributed by atoms with Gasteiger partial charge in [0, 0.05) is 16.1 Å². The van der Waals surface area contributed by atoms with Crippen LogP contribution in [0.3, 0.4) is 0 Å². The molecule has 0 atom stereocenters. The van der Waals surface area contributed by atoms with E-state index < -0.39 is 11.9 Å². The number of nitrogens with one attached hydrogen (secondary N) is 1. The molecule has 152 valence electrons. The Bertz CT molecular complexity index is 1100. The van der Waals surface area contributed by atoms with Gasteiger partial charge in [0.1, 0.15) is 11.5 Å². The molecule has 0 saturated heterocycles. The van der Waals surface area contributed by atoms with Crippen molar-refractivity contribution in [3.63, 3.8) is 0 Å². The van der Waals surface area contributed by atoms with Gasteiger partial charge in [-0.15, -0.1) is 0 Å². The summed E-state index contributed by atoms with van der Waals surface area (Å²) in [4.78, 5) is 24.6. The minimum absolute atomic E-state index is 0.215. The summed E-state index contributed by atoms with van der Waals surface area (Å²) in [5, 5.41) is 4.62. The van der Waals surface area contributed by atoms with E-state index in [-0.39, 0.29) is 16.3 Å². The van der Waals surface area contributed by atoms with Gasteiger partial charge in [-0.2, -0.15) is 5.10 Å². The zero-order chi connectivity index (χ0) is 21.5. The van der Waals surface area contributed by atoms with Crippen molar-refractivity contribution < 1.29 is 19.1 Å². The van der Waals surface area contributed by atoms with Gasteiger partial charge in [-0.3, -0.25) is 4.79 Å². The second-order valence-corrected chi connectivity index (χ2v) is 6.82. The van der Waals surface area contributed by atoms with Crippen molar-refractivity contribution in [1.82, 2.24) is 5.43 Å². The molecule has 0 bridgehead atoms. The van der Waals surface area contributed by atoms with Crippen LogP contribution in [-0.4, -0.2) is 25.2 Å². The first-order chi connectivity index (χ1) is 14.5.